The summed E-state index contributed by atoms with van der Waals surface area (Å²) in [5.74, 6) is 0. The fourth-order valence-electron chi connectivity index (χ4n) is 7.69. The van der Waals surface area contributed by atoms with Crippen molar-refractivity contribution in [2.75, 3.05) is 4.90 Å². The van der Waals surface area contributed by atoms with E-state index in [4.69, 9.17) is 4.42 Å². The molecule has 4 heteroatoms. The summed E-state index contributed by atoms with van der Waals surface area (Å²) in [6.45, 7) is 0. The van der Waals surface area contributed by atoms with Gasteiger partial charge in [0.1, 0.15) is 11.2 Å². The van der Waals surface area contributed by atoms with E-state index in [2.05, 4.69) is 157 Å². The van der Waals surface area contributed by atoms with Crippen molar-refractivity contribution in [1.29, 1.82) is 0 Å². The molecule has 3 heterocycles. The molecule has 0 aliphatic carbocycles. The largest absolute Gasteiger partial charge is 0.456 e. The van der Waals surface area contributed by atoms with Gasteiger partial charge in [-0.25, -0.2) is 0 Å². The monoisotopic (exact) mass is 673 g/mol. The Balaban J connectivity index is 1.04. The maximum Gasteiger partial charge on any atom is 0.135 e. The van der Waals surface area contributed by atoms with Crippen molar-refractivity contribution in [2.45, 2.75) is 0 Å². The Morgan fingerprint density at radius 2 is 0.980 bits per heavy atom. The fraction of sp³-hybridized carbons (Fsp3) is 0. The maximum atomic E-state index is 6.21. The molecular formula is C46H27NOS2. The molecule has 0 saturated heterocycles. The lowest BCUT2D eigenvalue weighted by Gasteiger charge is -2.26. The van der Waals surface area contributed by atoms with Crippen molar-refractivity contribution in [1.82, 2.24) is 0 Å². The Hall–Kier alpha value is -5.94. The van der Waals surface area contributed by atoms with Gasteiger partial charge >= 0.3 is 0 Å². The lowest BCUT2D eigenvalue weighted by molar-refractivity contribution is 0.669. The highest BCUT2D eigenvalue weighted by atomic mass is 32.1. The Morgan fingerprint density at radius 1 is 0.360 bits per heavy atom. The van der Waals surface area contributed by atoms with Gasteiger partial charge < -0.3 is 9.32 Å². The molecule has 0 atom stereocenters. The zero-order chi connectivity index (χ0) is 32.8. The van der Waals surface area contributed by atoms with Crippen LogP contribution in [0.5, 0.6) is 0 Å². The number of rotatable bonds is 4. The molecule has 11 aromatic rings. The lowest BCUT2D eigenvalue weighted by atomic mass is 9.98. The first-order chi connectivity index (χ1) is 24.7. The number of anilines is 3. The summed E-state index contributed by atoms with van der Waals surface area (Å²) in [7, 11) is 0. The van der Waals surface area contributed by atoms with Crippen LogP contribution in [0.15, 0.2) is 168 Å². The van der Waals surface area contributed by atoms with Crippen LogP contribution in [0.3, 0.4) is 0 Å². The summed E-state index contributed by atoms with van der Waals surface area (Å²) in [6.07, 6.45) is 0. The number of nitrogens with zero attached hydrogens (tertiary/aromatic N) is 1. The van der Waals surface area contributed by atoms with E-state index in [0.29, 0.717) is 0 Å². The molecule has 0 aliphatic rings. The first kappa shape index (κ1) is 28.0. The molecule has 0 radical (unpaired) electrons. The summed E-state index contributed by atoms with van der Waals surface area (Å²) in [4.78, 5) is 2.37. The minimum Gasteiger partial charge on any atom is -0.456 e. The normalized spacial score (nSPS) is 12.0. The molecule has 0 saturated carbocycles. The van der Waals surface area contributed by atoms with Gasteiger partial charge in [0.25, 0.3) is 0 Å². The van der Waals surface area contributed by atoms with Gasteiger partial charge in [-0.15, -0.1) is 22.7 Å². The number of benzene rings is 8. The van der Waals surface area contributed by atoms with E-state index in [1.165, 1.54) is 62.2 Å². The number of para-hydroxylation sites is 1. The van der Waals surface area contributed by atoms with Gasteiger partial charge in [0.15, 0.2) is 0 Å². The standard InChI is InChI=1S/C46H27NOS2/c1-4-10-40-35(7-1)39-26-32(20-23-41(39)48-40)47(33-19-22-37-36-8-2-5-11-42(36)50-45(37)27-33)31-17-13-28(14-18-31)29-15-21-34-30(25-29)16-24-44-46(34)38-9-3-6-12-43(38)49-44/h1-27H. The molecule has 8 aromatic carbocycles. The molecule has 50 heavy (non-hydrogen) atoms. The zero-order valence-corrected chi connectivity index (χ0v) is 28.4. The topological polar surface area (TPSA) is 16.4 Å². The number of fused-ring (bicyclic) bond motifs is 11. The SMILES string of the molecule is c1ccc2c(c1)oc1ccc(N(c3ccc(-c4ccc5c(ccc6sc7ccccc7c65)c4)cc3)c3ccc4c(c3)sc3ccccc34)cc12. The molecule has 234 valence electrons. The van der Waals surface area contributed by atoms with E-state index in [1.54, 1.807) is 0 Å². The van der Waals surface area contributed by atoms with Crippen molar-refractivity contribution in [3.63, 3.8) is 0 Å². The Bertz CT molecular complexity index is 3110. The first-order valence-corrected chi connectivity index (χ1v) is 18.5. The van der Waals surface area contributed by atoms with Gasteiger partial charge in [0.2, 0.25) is 0 Å². The van der Waals surface area contributed by atoms with Crippen LogP contribution in [-0.4, -0.2) is 0 Å². The molecule has 0 aliphatic heterocycles. The number of hydrogen-bond donors (Lipinski definition) is 0. The molecule has 0 N–H and O–H groups in total. The minimum absolute atomic E-state index is 0.897. The average molecular weight is 674 g/mol. The predicted octanol–water partition coefficient (Wildman–Crippen LogP) is 14.6. The van der Waals surface area contributed by atoms with Crippen molar-refractivity contribution < 1.29 is 4.42 Å². The van der Waals surface area contributed by atoms with Crippen LogP contribution >= 0.6 is 22.7 Å². The van der Waals surface area contributed by atoms with Gasteiger partial charge in [-0.3, -0.25) is 0 Å². The average Bonchev–Trinajstić information content (AvgIpc) is 3.86. The van der Waals surface area contributed by atoms with Gasteiger partial charge in [-0.05, 0) is 94.7 Å². The van der Waals surface area contributed by atoms with E-state index in [9.17, 15) is 0 Å². The molecule has 0 amide bonds. The van der Waals surface area contributed by atoms with Gasteiger partial charge in [0.05, 0.1) is 0 Å². The second-order valence-electron chi connectivity index (χ2n) is 12.9. The molecule has 0 bridgehead atoms. The summed E-state index contributed by atoms with van der Waals surface area (Å²) >= 11 is 3.72. The lowest BCUT2D eigenvalue weighted by Crippen LogP contribution is -2.09. The van der Waals surface area contributed by atoms with E-state index in [1.807, 2.05) is 34.8 Å². The summed E-state index contributed by atoms with van der Waals surface area (Å²) in [5.41, 5.74) is 7.54. The van der Waals surface area contributed by atoms with Crippen LogP contribution in [0, 0.1) is 0 Å². The highest BCUT2D eigenvalue weighted by molar-refractivity contribution is 7.26. The number of thiophene rings is 2. The van der Waals surface area contributed by atoms with E-state index in [0.717, 1.165) is 39.0 Å². The third kappa shape index (κ3) is 4.26. The Labute approximate surface area is 295 Å². The maximum absolute atomic E-state index is 6.21. The molecule has 0 fully saturated rings. The van der Waals surface area contributed by atoms with Crippen LogP contribution in [0.1, 0.15) is 0 Å². The highest BCUT2D eigenvalue weighted by Gasteiger charge is 2.18. The highest BCUT2D eigenvalue weighted by Crippen LogP contribution is 2.43. The van der Waals surface area contributed by atoms with Gasteiger partial charge in [-0.1, -0.05) is 91.0 Å². The number of hydrogen-bond acceptors (Lipinski definition) is 4. The van der Waals surface area contributed by atoms with Crippen molar-refractivity contribution in [3.8, 4) is 11.1 Å². The Morgan fingerprint density at radius 3 is 1.86 bits per heavy atom. The van der Waals surface area contributed by atoms with Crippen LogP contribution in [0.2, 0.25) is 0 Å². The second-order valence-corrected chi connectivity index (χ2v) is 15.1. The van der Waals surface area contributed by atoms with Gasteiger partial charge in [0, 0.05) is 68.2 Å². The van der Waals surface area contributed by atoms with Crippen molar-refractivity contribution in [2.24, 2.45) is 0 Å². The molecular weight excluding hydrogens is 647 g/mol. The third-order valence-corrected chi connectivity index (χ3v) is 12.3. The smallest absolute Gasteiger partial charge is 0.135 e. The van der Waals surface area contributed by atoms with Crippen molar-refractivity contribution in [3.05, 3.63) is 164 Å². The molecule has 0 spiro atoms. The van der Waals surface area contributed by atoms with Crippen molar-refractivity contribution >= 4 is 113 Å². The third-order valence-electron chi connectivity index (χ3n) is 10.1. The number of furan rings is 1. The second kappa shape index (κ2) is 10.8. The summed E-state index contributed by atoms with van der Waals surface area (Å²) in [6, 6.07) is 59.6. The quantitative estimate of drug-likeness (QED) is 0.185. The summed E-state index contributed by atoms with van der Waals surface area (Å²) in [5, 5.41) is 10.1. The van der Waals surface area contributed by atoms with Crippen LogP contribution in [-0.2, 0) is 0 Å². The molecule has 0 unspecified atom stereocenters. The van der Waals surface area contributed by atoms with E-state index < -0.39 is 0 Å². The van der Waals surface area contributed by atoms with E-state index in [-0.39, 0.29) is 0 Å². The summed E-state index contributed by atoms with van der Waals surface area (Å²) < 4.78 is 11.5. The predicted molar refractivity (Wildman–Crippen MR) is 217 cm³/mol. The molecule has 11 rings (SSSR count). The molecule has 3 aromatic heterocycles. The first-order valence-electron chi connectivity index (χ1n) is 16.8. The van der Waals surface area contributed by atoms with E-state index >= 15 is 0 Å². The van der Waals surface area contributed by atoms with Crippen LogP contribution in [0.25, 0.3) is 84.2 Å². The molecule has 2 nitrogen and oxygen atoms in total. The van der Waals surface area contributed by atoms with Crippen LogP contribution in [0.4, 0.5) is 17.1 Å². The Kier molecular flexibility index (Phi) is 6.03. The fourth-order valence-corrected chi connectivity index (χ4v) is 9.95. The van der Waals surface area contributed by atoms with Gasteiger partial charge in [-0.2, -0.15) is 0 Å². The van der Waals surface area contributed by atoms with Crippen LogP contribution < -0.4 is 4.90 Å². The minimum atomic E-state index is 0.897. The zero-order valence-electron chi connectivity index (χ0n) is 26.8.